The van der Waals surface area contributed by atoms with Gasteiger partial charge in [-0.2, -0.15) is 5.10 Å². The van der Waals surface area contributed by atoms with E-state index in [1.165, 1.54) is 0 Å². The fourth-order valence-electron chi connectivity index (χ4n) is 1.45. The standard InChI is InChI=1S/C12H15N3/c1-9(2)15-8-7-12(14-15)11-6-4-5-10(3)13-11/h4-9H,1-3H3. The fourth-order valence-corrected chi connectivity index (χ4v) is 1.45. The molecule has 0 amide bonds. The van der Waals surface area contributed by atoms with Crippen LogP contribution < -0.4 is 0 Å². The maximum atomic E-state index is 4.48. The van der Waals surface area contributed by atoms with E-state index < -0.39 is 0 Å². The van der Waals surface area contributed by atoms with Gasteiger partial charge in [0.25, 0.3) is 0 Å². The summed E-state index contributed by atoms with van der Waals surface area (Å²) in [6.07, 6.45) is 1.99. The molecule has 0 aromatic carbocycles. The first-order chi connectivity index (χ1) is 7.16. The molecule has 0 fully saturated rings. The molecule has 0 atom stereocenters. The minimum Gasteiger partial charge on any atom is -0.270 e. The molecule has 0 aliphatic rings. The Morgan fingerprint density at radius 1 is 1.13 bits per heavy atom. The van der Waals surface area contributed by atoms with Crippen LogP contribution in [-0.2, 0) is 0 Å². The van der Waals surface area contributed by atoms with Crippen molar-refractivity contribution in [3.63, 3.8) is 0 Å². The summed E-state index contributed by atoms with van der Waals surface area (Å²) >= 11 is 0. The first kappa shape index (κ1) is 9.90. The van der Waals surface area contributed by atoms with Crippen LogP contribution in [0.15, 0.2) is 30.5 Å². The second kappa shape index (κ2) is 3.85. The van der Waals surface area contributed by atoms with Gasteiger partial charge in [-0.15, -0.1) is 0 Å². The Hall–Kier alpha value is -1.64. The lowest BCUT2D eigenvalue weighted by Gasteiger charge is -2.03. The maximum absolute atomic E-state index is 4.48. The van der Waals surface area contributed by atoms with Crippen molar-refractivity contribution in [3.05, 3.63) is 36.2 Å². The monoisotopic (exact) mass is 201 g/mol. The van der Waals surface area contributed by atoms with Gasteiger partial charge in [-0.1, -0.05) is 6.07 Å². The molecule has 0 N–H and O–H groups in total. The highest BCUT2D eigenvalue weighted by molar-refractivity contribution is 5.53. The Bertz CT molecular complexity index is 457. The molecule has 78 valence electrons. The molecule has 2 aromatic heterocycles. The Kier molecular flexibility index (Phi) is 2.54. The minimum absolute atomic E-state index is 0.392. The highest BCUT2D eigenvalue weighted by Crippen LogP contribution is 2.15. The highest BCUT2D eigenvalue weighted by atomic mass is 15.3. The summed E-state index contributed by atoms with van der Waals surface area (Å²) < 4.78 is 1.94. The van der Waals surface area contributed by atoms with Crippen molar-refractivity contribution < 1.29 is 0 Å². The average molecular weight is 201 g/mol. The van der Waals surface area contributed by atoms with Crippen molar-refractivity contribution in [1.82, 2.24) is 14.8 Å². The summed E-state index contributed by atoms with van der Waals surface area (Å²) in [4.78, 5) is 4.44. The first-order valence-electron chi connectivity index (χ1n) is 5.16. The lowest BCUT2D eigenvalue weighted by atomic mass is 10.2. The van der Waals surface area contributed by atoms with Crippen molar-refractivity contribution in [2.45, 2.75) is 26.8 Å². The summed E-state index contributed by atoms with van der Waals surface area (Å²) in [5.74, 6) is 0. The van der Waals surface area contributed by atoms with Gasteiger partial charge >= 0.3 is 0 Å². The molecule has 0 spiro atoms. The minimum atomic E-state index is 0.392. The Morgan fingerprint density at radius 3 is 2.53 bits per heavy atom. The predicted molar refractivity (Wildman–Crippen MR) is 60.6 cm³/mol. The first-order valence-corrected chi connectivity index (χ1v) is 5.16. The van der Waals surface area contributed by atoms with Crippen LogP contribution in [0.25, 0.3) is 11.4 Å². The van der Waals surface area contributed by atoms with Gasteiger partial charge in [0.2, 0.25) is 0 Å². The Labute approximate surface area is 89.8 Å². The normalized spacial score (nSPS) is 10.9. The van der Waals surface area contributed by atoms with Crippen molar-refractivity contribution >= 4 is 0 Å². The van der Waals surface area contributed by atoms with E-state index >= 15 is 0 Å². The summed E-state index contributed by atoms with van der Waals surface area (Å²) in [6, 6.07) is 8.38. The van der Waals surface area contributed by atoms with Crippen LogP contribution in [0.3, 0.4) is 0 Å². The SMILES string of the molecule is Cc1cccc(-c2ccn(C(C)C)n2)n1. The summed E-state index contributed by atoms with van der Waals surface area (Å²) in [7, 11) is 0. The van der Waals surface area contributed by atoms with E-state index in [1.54, 1.807) is 0 Å². The molecule has 2 aromatic rings. The largest absolute Gasteiger partial charge is 0.270 e. The number of nitrogens with zero attached hydrogens (tertiary/aromatic N) is 3. The van der Waals surface area contributed by atoms with Crippen LogP contribution >= 0.6 is 0 Å². The van der Waals surface area contributed by atoms with E-state index in [0.717, 1.165) is 17.1 Å². The summed E-state index contributed by atoms with van der Waals surface area (Å²) in [5, 5.41) is 4.48. The third-order valence-corrected chi connectivity index (χ3v) is 2.29. The van der Waals surface area contributed by atoms with Gasteiger partial charge < -0.3 is 0 Å². The van der Waals surface area contributed by atoms with Crippen molar-refractivity contribution in [1.29, 1.82) is 0 Å². The topological polar surface area (TPSA) is 30.7 Å². The molecule has 0 aliphatic heterocycles. The number of hydrogen-bond acceptors (Lipinski definition) is 2. The summed E-state index contributed by atoms with van der Waals surface area (Å²) in [6.45, 7) is 6.21. The van der Waals surface area contributed by atoms with Gasteiger partial charge in [-0.3, -0.25) is 9.67 Å². The number of aromatic nitrogens is 3. The maximum Gasteiger partial charge on any atom is 0.111 e. The molecule has 2 rings (SSSR count). The zero-order valence-corrected chi connectivity index (χ0v) is 9.31. The second-order valence-corrected chi connectivity index (χ2v) is 3.94. The van der Waals surface area contributed by atoms with E-state index in [9.17, 15) is 0 Å². The van der Waals surface area contributed by atoms with Crippen LogP contribution in [0.5, 0.6) is 0 Å². The van der Waals surface area contributed by atoms with E-state index in [4.69, 9.17) is 0 Å². The number of aryl methyl sites for hydroxylation is 1. The van der Waals surface area contributed by atoms with Gasteiger partial charge in [0, 0.05) is 17.9 Å². The van der Waals surface area contributed by atoms with Crippen LogP contribution in [0.1, 0.15) is 25.6 Å². The molecule has 2 heterocycles. The van der Waals surface area contributed by atoms with Crippen LogP contribution in [0, 0.1) is 6.92 Å². The van der Waals surface area contributed by atoms with E-state index in [2.05, 4.69) is 23.9 Å². The third-order valence-electron chi connectivity index (χ3n) is 2.29. The number of rotatable bonds is 2. The van der Waals surface area contributed by atoms with Crippen molar-refractivity contribution in [2.24, 2.45) is 0 Å². The zero-order valence-electron chi connectivity index (χ0n) is 9.31. The van der Waals surface area contributed by atoms with Crippen molar-refractivity contribution in [2.75, 3.05) is 0 Å². The molecule has 0 aliphatic carbocycles. The van der Waals surface area contributed by atoms with Gasteiger partial charge in [-0.25, -0.2) is 0 Å². The molecule has 0 radical (unpaired) electrons. The molecule has 15 heavy (non-hydrogen) atoms. The van der Waals surface area contributed by atoms with Crippen LogP contribution in [0.2, 0.25) is 0 Å². The van der Waals surface area contributed by atoms with Crippen molar-refractivity contribution in [3.8, 4) is 11.4 Å². The lowest BCUT2D eigenvalue weighted by Crippen LogP contribution is -2.01. The van der Waals surface area contributed by atoms with Crippen LogP contribution in [0.4, 0.5) is 0 Å². The fraction of sp³-hybridized carbons (Fsp3) is 0.333. The van der Waals surface area contributed by atoms with E-state index in [0.29, 0.717) is 6.04 Å². The molecular formula is C12H15N3. The third kappa shape index (κ3) is 2.06. The number of hydrogen-bond donors (Lipinski definition) is 0. The molecule has 0 unspecified atom stereocenters. The second-order valence-electron chi connectivity index (χ2n) is 3.94. The average Bonchev–Trinajstić information content (AvgIpc) is 2.66. The number of pyridine rings is 1. The van der Waals surface area contributed by atoms with Gasteiger partial charge in [-0.05, 0) is 39.0 Å². The van der Waals surface area contributed by atoms with Crippen LogP contribution in [-0.4, -0.2) is 14.8 Å². The summed E-state index contributed by atoms with van der Waals surface area (Å²) in [5.41, 5.74) is 2.90. The van der Waals surface area contributed by atoms with E-state index in [1.807, 2.05) is 42.1 Å². The van der Waals surface area contributed by atoms with Gasteiger partial charge in [0.05, 0.1) is 5.69 Å². The zero-order chi connectivity index (χ0) is 10.8. The lowest BCUT2D eigenvalue weighted by molar-refractivity contribution is 0.534. The van der Waals surface area contributed by atoms with E-state index in [-0.39, 0.29) is 0 Å². The predicted octanol–water partition coefficient (Wildman–Crippen LogP) is 2.83. The molecule has 3 heteroatoms. The smallest absolute Gasteiger partial charge is 0.111 e. The highest BCUT2D eigenvalue weighted by Gasteiger charge is 2.05. The Balaban J connectivity index is 2.37. The molecule has 3 nitrogen and oxygen atoms in total. The van der Waals surface area contributed by atoms with Gasteiger partial charge in [0.1, 0.15) is 5.69 Å². The molecule has 0 bridgehead atoms. The molecule has 0 saturated carbocycles. The van der Waals surface area contributed by atoms with Gasteiger partial charge in [0.15, 0.2) is 0 Å². The quantitative estimate of drug-likeness (QED) is 0.748. The molecular weight excluding hydrogens is 186 g/mol. The molecule has 0 saturated heterocycles. The Morgan fingerprint density at radius 2 is 1.93 bits per heavy atom.